The van der Waals surface area contributed by atoms with Crippen molar-refractivity contribution in [3.63, 3.8) is 0 Å². The fraction of sp³-hybridized carbons (Fsp3) is 0.688. The number of rotatable bonds is 2. The molecule has 1 aliphatic carbocycles. The monoisotopic (exact) mass is 403 g/mol. The summed E-state index contributed by atoms with van der Waals surface area (Å²) in [5.41, 5.74) is 0.570. The maximum atomic E-state index is 5.36. The van der Waals surface area contributed by atoms with Crippen LogP contribution in [0.2, 0.25) is 0 Å². The molecule has 3 rings (SSSR count). The van der Waals surface area contributed by atoms with Gasteiger partial charge in [-0.25, -0.2) is 0 Å². The van der Waals surface area contributed by atoms with Crippen LogP contribution in [-0.2, 0) is 6.54 Å². The van der Waals surface area contributed by atoms with Gasteiger partial charge in [0.15, 0.2) is 5.96 Å². The Morgan fingerprint density at radius 2 is 2.14 bits per heavy atom. The maximum absolute atomic E-state index is 5.36. The summed E-state index contributed by atoms with van der Waals surface area (Å²) in [4.78, 5) is 6.86. The molecule has 0 atom stereocenters. The third-order valence-corrected chi connectivity index (χ3v) is 4.86. The van der Waals surface area contributed by atoms with E-state index in [1.807, 2.05) is 19.2 Å². The number of nitrogens with one attached hydrogen (secondary N) is 1. The van der Waals surface area contributed by atoms with Crippen molar-refractivity contribution in [2.24, 2.45) is 10.4 Å². The highest BCUT2D eigenvalue weighted by Crippen LogP contribution is 2.43. The van der Waals surface area contributed by atoms with E-state index in [4.69, 9.17) is 4.42 Å². The summed E-state index contributed by atoms with van der Waals surface area (Å²) in [5, 5.41) is 3.42. The number of hydrogen-bond donors (Lipinski definition) is 1. The molecule has 0 bridgehead atoms. The van der Waals surface area contributed by atoms with Crippen LogP contribution in [0.3, 0.4) is 0 Å². The van der Waals surface area contributed by atoms with Crippen molar-refractivity contribution < 1.29 is 4.42 Å². The Balaban J connectivity index is 0.00000161. The van der Waals surface area contributed by atoms with Crippen LogP contribution in [0.5, 0.6) is 0 Å². The Labute approximate surface area is 144 Å². The van der Waals surface area contributed by atoms with Crippen LogP contribution in [0.4, 0.5) is 0 Å². The fourth-order valence-corrected chi connectivity index (χ4v) is 3.74. The van der Waals surface area contributed by atoms with Gasteiger partial charge >= 0.3 is 0 Å². The van der Waals surface area contributed by atoms with Gasteiger partial charge < -0.3 is 14.6 Å². The molecule has 1 spiro atoms. The van der Waals surface area contributed by atoms with Gasteiger partial charge in [0, 0.05) is 20.1 Å². The van der Waals surface area contributed by atoms with E-state index in [0.29, 0.717) is 12.0 Å². The average molecular weight is 403 g/mol. The van der Waals surface area contributed by atoms with E-state index >= 15 is 0 Å². The van der Waals surface area contributed by atoms with Crippen LogP contribution in [0, 0.1) is 5.41 Å². The molecule has 1 aliphatic heterocycles. The van der Waals surface area contributed by atoms with Gasteiger partial charge in [-0.15, -0.1) is 24.0 Å². The van der Waals surface area contributed by atoms with Crippen molar-refractivity contribution >= 4 is 29.9 Å². The molecule has 1 saturated carbocycles. The lowest BCUT2D eigenvalue weighted by Gasteiger charge is -2.33. The summed E-state index contributed by atoms with van der Waals surface area (Å²) in [6, 6.07) is 3.92. The number of guanidine groups is 1. The molecule has 2 aliphatic rings. The van der Waals surface area contributed by atoms with Crippen molar-refractivity contribution in [3.8, 4) is 0 Å². The molecule has 2 fully saturated rings. The first kappa shape index (κ1) is 16.6. The predicted molar refractivity (Wildman–Crippen MR) is 96.0 cm³/mol. The van der Waals surface area contributed by atoms with Crippen LogP contribution >= 0.6 is 24.0 Å². The van der Waals surface area contributed by atoms with Gasteiger partial charge in [-0.2, -0.15) is 0 Å². The summed E-state index contributed by atoms with van der Waals surface area (Å²) < 4.78 is 5.36. The minimum atomic E-state index is 0. The zero-order valence-electron chi connectivity index (χ0n) is 12.8. The average Bonchev–Trinajstić information content (AvgIpc) is 3.12. The van der Waals surface area contributed by atoms with E-state index in [0.717, 1.165) is 18.3 Å². The van der Waals surface area contributed by atoms with Crippen molar-refractivity contribution in [2.45, 2.75) is 45.1 Å². The van der Waals surface area contributed by atoms with E-state index in [1.165, 1.54) is 45.1 Å². The molecular formula is C16H26IN3O. The van der Waals surface area contributed by atoms with Crippen LogP contribution in [0.1, 0.15) is 44.3 Å². The molecule has 2 heterocycles. The van der Waals surface area contributed by atoms with E-state index in [9.17, 15) is 0 Å². The molecule has 1 aromatic heterocycles. The van der Waals surface area contributed by atoms with Gasteiger partial charge in [0.1, 0.15) is 5.76 Å². The SMILES string of the molecule is CN=C(NCc1ccco1)N1CCC2(CCCCC2)C1.I. The van der Waals surface area contributed by atoms with E-state index in [1.54, 1.807) is 6.26 Å². The van der Waals surface area contributed by atoms with Gasteiger partial charge in [0.2, 0.25) is 0 Å². The maximum Gasteiger partial charge on any atom is 0.194 e. The number of halogens is 1. The van der Waals surface area contributed by atoms with Gasteiger partial charge in [-0.05, 0) is 36.8 Å². The largest absolute Gasteiger partial charge is 0.467 e. The zero-order chi connectivity index (χ0) is 13.8. The predicted octanol–water partition coefficient (Wildman–Crippen LogP) is 3.63. The molecule has 118 valence electrons. The van der Waals surface area contributed by atoms with E-state index in [-0.39, 0.29) is 24.0 Å². The number of furan rings is 1. The molecule has 1 saturated heterocycles. The second-order valence-corrected chi connectivity index (χ2v) is 6.21. The topological polar surface area (TPSA) is 40.8 Å². The van der Waals surface area contributed by atoms with Gasteiger partial charge in [0.25, 0.3) is 0 Å². The normalized spacial score (nSPS) is 21.4. The quantitative estimate of drug-likeness (QED) is 0.466. The molecule has 0 radical (unpaired) electrons. The Kier molecular flexibility index (Phi) is 5.96. The Morgan fingerprint density at radius 1 is 1.33 bits per heavy atom. The zero-order valence-corrected chi connectivity index (χ0v) is 15.1. The number of nitrogens with zero attached hydrogens (tertiary/aromatic N) is 2. The fourth-order valence-electron chi connectivity index (χ4n) is 3.74. The molecule has 5 heteroatoms. The van der Waals surface area contributed by atoms with Gasteiger partial charge in [-0.3, -0.25) is 4.99 Å². The molecule has 1 N–H and O–H groups in total. The Bertz CT molecular complexity index is 452. The third-order valence-electron chi connectivity index (χ3n) is 4.86. The second kappa shape index (κ2) is 7.51. The number of aliphatic imine (C=N–C) groups is 1. The second-order valence-electron chi connectivity index (χ2n) is 6.21. The molecule has 1 aromatic rings. The summed E-state index contributed by atoms with van der Waals surface area (Å²) in [7, 11) is 1.87. The molecular weight excluding hydrogens is 377 g/mol. The van der Waals surface area contributed by atoms with Crippen molar-refractivity contribution in [2.75, 3.05) is 20.1 Å². The molecule has 0 aromatic carbocycles. The van der Waals surface area contributed by atoms with Crippen molar-refractivity contribution in [1.82, 2.24) is 10.2 Å². The van der Waals surface area contributed by atoms with E-state index < -0.39 is 0 Å². The summed E-state index contributed by atoms with van der Waals surface area (Å²) in [5.74, 6) is 1.97. The Hall–Kier alpha value is -0.720. The standard InChI is InChI=1S/C16H25N3O.HI/c1-17-15(18-12-14-6-5-11-20-14)19-10-9-16(13-19)7-3-2-4-8-16;/h5-6,11H,2-4,7-10,12-13H2,1H3,(H,17,18);1H. The lowest BCUT2D eigenvalue weighted by molar-refractivity contribution is 0.203. The van der Waals surface area contributed by atoms with Crippen LogP contribution < -0.4 is 5.32 Å². The third kappa shape index (κ3) is 3.93. The smallest absolute Gasteiger partial charge is 0.194 e. The van der Waals surface area contributed by atoms with Crippen LogP contribution in [0.25, 0.3) is 0 Å². The first-order valence-electron chi connectivity index (χ1n) is 7.79. The summed E-state index contributed by atoms with van der Waals surface area (Å²) in [6.45, 7) is 3.02. The Morgan fingerprint density at radius 3 is 2.81 bits per heavy atom. The lowest BCUT2D eigenvalue weighted by atomic mass is 9.73. The molecule has 4 nitrogen and oxygen atoms in total. The van der Waals surface area contributed by atoms with Gasteiger partial charge in [-0.1, -0.05) is 19.3 Å². The summed E-state index contributed by atoms with van der Waals surface area (Å²) >= 11 is 0. The van der Waals surface area contributed by atoms with Crippen LogP contribution in [-0.4, -0.2) is 31.0 Å². The van der Waals surface area contributed by atoms with Crippen molar-refractivity contribution in [1.29, 1.82) is 0 Å². The van der Waals surface area contributed by atoms with Crippen LogP contribution in [0.15, 0.2) is 27.8 Å². The lowest BCUT2D eigenvalue weighted by Crippen LogP contribution is -2.41. The highest BCUT2D eigenvalue weighted by atomic mass is 127. The highest BCUT2D eigenvalue weighted by molar-refractivity contribution is 14.0. The highest BCUT2D eigenvalue weighted by Gasteiger charge is 2.39. The van der Waals surface area contributed by atoms with Crippen molar-refractivity contribution in [3.05, 3.63) is 24.2 Å². The number of hydrogen-bond acceptors (Lipinski definition) is 2. The molecule has 0 unspecified atom stereocenters. The van der Waals surface area contributed by atoms with E-state index in [2.05, 4.69) is 15.2 Å². The first-order chi connectivity index (χ1) is 9.81. The molecule has 21 heavy (non-hydrogen) atoms. The minimum absolute atomic E-state index is 0. The molecule has 0 amide bonds. The number of likely N-dealkylation sites (tertiary alicyclic amines) is 1. The minimum Gasteiger partial charge on any atom is -0.467 e. The van der Waals surface area contributed by atoms with Gasteiger partial charge in [0.05, 0.1) is 12.8 Å². The summed E-state index contributed by atoms with van der Waals surface area (Å²) in [6.07, 6.45) is 10.1. The first-order valence-corrected chi connectivity index (χ1v) is 7.79.